The number of aromatic nitrogens is 2. The van der Waals surface area contributed by atoms with Gasteiger partial charge in [-0.05, 0) is 51.2 Å². The number of benzene rings is 1. The van der Waals surface area contributed by atoms with E-state index in [0.717, 1.165) is 43.8 Å². The summed E-state index contributed by atoms with van der Waals surface area (Å²) in [5.74, 6) is 1.17. The Morgan fingerprint density at radius 1 is 1.18 bits per heavy atom. The number of fused-ring (bicyclic) bond motifs is 1. The van der Waals surface area contributed by atoms with Crippen molar-refractivity contribution in [3.8, 4) is 5.69 Å². The fourth-order valence-corrected chi connectivity index (χ4v) is 3.45. The first-order valence-corrected chi connectivity index (χ1v) is 8.37. The van der Waals surface area contributed by atoms with E-state index in [4.69, 9.17) is 9.84 Å². The van der Waals surface area contributed by atoms with Crippen molar-refractivity contribution in [3.05, 3.63) is 41.1 Å². The van der Waals surface area contributed by atoms with Crippen LogP contribution in [0.2, 0.25) is 0 Å². The van der Waals surface area contributed by atoms with Crippen LogP contribution in [-0.4, -0.2) is 22.9 Å². The smallest absolute Gasteiger partial charge is 0.133 e. The van der Waals surface area contributed by atoms with Gasteiger partial charge >= 0.3 is 0 Å². The molecule has 1 fully saturated rings. The molecule has 0 saturated carbocycles. The zero-order valence-corrected chi connectivity index (χ0v) is 13.1. The van der Waals surface area contributed by atoms with Crippen LogP contribution < -0.4 is 5.32 Å². The lowest BCUT2D eigenvalue weighted by Gasteiger charge is -2.09. The molecule has 0 amide bonds. The zero-order chi connectivity index (χ0) is 14.9. The summed E-state index contributed by atoms with van der Waals surface area (Å²) in [5, 5.41) is 8.54. The number of rotatable bonds is 2. The van der Waals surface area contributed by atoms with Crippen LogP contribution in [0.25, 0.3) is 5.69 Å². The van der Waals surface area contributed by atoms with Crippen molar-refractivity contribution >= 4 is 5.82 Å². The van der Waals surface area contributed by atoms with Crippen LogP contribution in [0.5, 0.6) is 0 Å². The Bertz CT molecular complexity index is 654. The van der Waals surface area contributed by atoms with E-state index in [0.29, 0.717) is 0 Å². The molecule has 3 heterocycles. The van der Waals surface area contributed by atoms with Crippen LogP contribution in [0.4, 0.5) is 5.82 Å². The van der Waals surface area contributed by atoms with Gasteiger partial charge in [-0.3, -0.25) is 0 Å². The average Bonchev–Trinajstić information content (AvgIpc) is 3.10. The van der Waals surface area contributed by atoms with Crippen LogP contribution in [0, 0.1) is 6.92 Å². The summed E-state index contributed by atoms with van der Waals surface area (Å²) in [6.45, 7) is 4.00. The summed E-state index contributed by atoms with van der Waals surface area (Å²) in [6, 6.07) is 8.58. The van der Waals surface area contributed by atoms with E-state index in [9.17, 15) is 0 Å². The molecule has 4 nitrogen and oxygen atoms in total. The van der Waals surface area contributed by atoms with Crippen molar-refractivity contribution in [2.24, 2.45) is 0 Å². The van der Waals surface area contributed by atoms with Gasteiger partial charge in [0.15, 0.2) is 0 Å². The lowest BCUT2D eigenvalue weighted by Crippen LogP contribution is -2.07. The largest absolute Gasteiger partial charge is 0.372 e. The monoisotopic (exact) mass is 297 g/mol. The molecule has 1 aromatic carbocycles. The standard InChI is InChI=1S/C18H23N3O/c1-13-7-9-14(10-8-13)21-18-15(5-2-3-11-19-18)17(20-21)16-6-4-12-22-16/h7-10,16,19H,2-6,11-12H2,1H3. The van der Waals surface area contributed by atoms with E-state index in [1.165, 1.54) is 29.8 Å². The van der Waals surface area contributed by atoms with Gasteiger partial charge in [0.25, 0.3) is 0 Å². The predicted molar refractivity (Wildman–Crippen MR) is 87.7 cm³/mol. The normalized spacial score (nSPS) is 21.2. The highest BCUT2D eigenvalue weighted by Gasteiger charge is 2.28. The molecular weight excluding hydrogens is 274 g/mol. The molecule has 116 valence electrons. The maximum absolute atomic E-state index is 5.91. The van der Waals surface area contributed by atoms with E-state index in [-0.39, 0.29) is 6.10 Å². The van der Waals surface area contributed by atoms with Crippen LogP contribution in [0.1, 0.15) is 48.6 Å². The molecule has 1 saturated heterocycles. The highest BCUT2D eigenvalue weighted by atomic mass is 16.5. The summed E-state index contributed by atoms with van der Waals surface area (Å²) < 4.78 is 7.99. The Balaban J connectivity index is 1.81. The summed E-state index contributed by atoms with van der Waals surface area (Å²) >= 11 is 0. The summed E-state index contributed by atoms with van der Waals surface area (Å²) in [6.07, 6.45) is 5.96. The Morgan fingerprint density at radius 2 is 2.05 bits per heavy atom. The molecule has 1 unspecified atom stereocenters. The third-order valence-corrected chi connectivity index (χ3v) is 4.67. The molecule has 0 spiro atoms. The second-order valence-electron chi connectivity index (χ2n) is 6.35. The van der Waals surface area contributed by atoms with E-state index < -0.39 is 0 Å². The van der Waals surface area contributed by atoms with E-state index >= 15 is 0 Å². The molecule has 0 radical (unpaired) electrons. The first-order valence-electron chi connectivity index (χ1n) is 8.37. The first kappa shape index (κ1) is 13.8. The third-order valence-electron chi connectivity index (χ3n) is 4.67. The van der Waals surface area contributed by atoms with Crippen molar-refractivity contribution < 1.29 is 4.74 Å². The number of nitrogens with one attached hydrogen (secondary N) is 1. The number of aryl methyl sites for hydroxylation is 1. The van der Waals surface area contributed by atoms with Gasteiger partial charge in [0, 0.05) is 18.7 Å². The molecule has 0 bridgehead atoms. The maximum atomic E-state index is 5.91. The lowest BCUT2D eigenvalue weighted by molar-refractivity contribution is 0.107. The molecule has 1 N–H and O–H groups in total. The zero-order valence-electron chi connectivity index (χ0n) is 13.1. The summed E-state index contributed by atoms with van der Waals surface area (Å²) in [7, 11) is 0. The molecule has 2 aromatic rings. The highest BCUT2D eigenvalue weighted by Crippen LogP contribution is 2.36. The SMILES string of the molecule is Cc1ccc(-n2nc(C3CCCO3)c3c2NCCCC3)cc1. The van der Waals surface area contributed by atoms with Crippen LogP contribution in [0.15, 0.2) is 24.3 Å². The third kappa shape index (κ3) is 2.41. The van der Waals surface area contributed by atoms with Crippen LogP contribution in [0.3, 0.4) is 0 Å². The van der Waals surface area contributed by atoms with Gasteiger partial charge in [0.2, 0.25) is 0 Å². The molecule has 1 atom stereocenters. The Labute approximate surface area is 131 Å². The molecule has 1 aromatic heterocycles. The minimum atomic E-state index is 0.181. The molecular formula is C18H23N3O. The van der Waals surface area contributed by atoms with Gasteiger partial charge in [-0.1, -0.05) is 17.7 Å². The maximum Gasteiger partial charge on any atom is 0.133 e. The number of anilines is 1. The fourth-order valence-electron chi connectivity index (χ4n) is 3.45. The van der Waals surface area contributed by atoms with Gasteiger partial charge in [-0.2, -0.15) is 5.10 Å². The topological polar surface area (TPSA) is 39.1 Å². The molecule has 0 aliphatic carbocycles. The van der Waals surface area contributed by atoms with Gasteiger partial charge in [0.05, 0.1) is 11.4 Å². The van der Waals surface area contributed by atoms with E-state index in [1.54, 1.807) is 0 Å². The van der Waals surface area contributed by atoms with Gasteiger partial charge in [0.1, 0.15) is 11.9 Å². The fraction of sp³-hybridized carbons (Fsp3) is 0.500. The van der Waals surface area contributed by atoms with E-state index in [1.807, 2.05) is 0 Å². The second-order valence-corrected chi connectivity index (χ2v) is 6.35. The van der Waals surface area contributed by atoms with Crippen molar-refractivity contribution in [1.29, 1.82) is 0 Å². The average molecular weight is 297 g/mol. The minimum Gasteiger partial charge on any atom is -0.372 e. The van der Waals surface area contributed by atoms with Gasteiger partial charge in [-0.15, -0.1) is 0 Å². The highest BCUT2D eigenvalue weighted by molar-refractivity contribution is 5.55. The van der Waals surface area contributed by atoms with Gasteiger partial charge < -0.3 is 10.1 Å². The van der Waals surface area contributed by atoms with Crippen LogP contribution >= 0.6 is 0 Å². The molecule has 22 heavy (non-hydrogen) atoms. The van der Waals surface area contributed by atoms with Crippen molar-refractivity contribution in [2.45, 2.75) is 45.1 Å². The molecule has 2 aliphatic heterocycles. The number of hydrogen-bond donors (Lipinski definition) is 1. The minimum absolute atomic E-state index is 0.181. The second kappa shape index (κ2) is 5.76. The van der Waals surface area contributed by atoms with Crippen molar-refractivity contribution in [3.63, 3.8) is 0 Å². The Hall–Kier alpha value is -1.81. The summed E-state index contributed by atoms with van der Waals surface area (Å²) in [5.41, 5.74) is 4.92. The van der Waals surface area contributed by atoms with Gasteiger partial charge in [-0.25, -0.2) is 4.68 Å². The lowest BCUT2D eigenvalue weighted by atomic mass is 10.0. The molecule has 4 rings (SSSR count). The molecule has 2 aliphatic rings. The van der Waals surface area contributed by atoms with E-state index in [2.05, 4.69) is 41.2 Å². The number of ether oxygens (including phenoxy) is 1. The Kier molecular flexibility index (Phi) is 3.62. The summed E-state index contributed by atoms with van der Waals surface area (Å²) in [4.78, 5) is 0. The van der Waals surface area contributed by atoms with Crippen molar-refractivity contribution in [1.82, 2.24) is 9.78 Å². The van der Waals surface area contributed by atoms with Crippen LogP contribution in [-0.2, 0) is 11.2 Å². The quantitative estimate of drug-likeness (QED) is 0.917. The Morgan fingerprint density at radius 3 is 2.82 bits per heavy atom. The van der Waals surface area contributed by atoms with Crippen molar-refractivity contribution in [2.75, 3.05) is 18.5 Å². The number of hydrogen-bond acceptors (Lipinski definition) is 3. The first-order chi connectivity index (χ1) is 10.8. The predicted octanol–water partition coefficient (Wildman–Crippen LogP) is 3.78. The number of nitrogens with zero attached hydrogens (tertiary/aromatic N) is 2. The molecule has 4 heteroatoms.